The molecule has 0 bridgehead atoms. The Labute approximate surface area is 120 Å². The van der Waals surface area contributed by atoms with Gasteiger partial charge in [0, 0.05) is 24.2 Å². The van der Waals surface area contributed by atoms with Crippen molar-refractivity contribution in [3.8, 4) is 10.6 Å². The summed E-state index contributed by atoms with van der Waals surface area (Å²) < 4.78 is 15.5. The number of pyridine rings is 1. The van der Waals surface area contributed by atoms with Crippen molar-refractivity contribution in [1.29, 1.82) is 0 Å². The first-order chi connectivity index (χ1) is 8.97. The van der Waals surface area contributed by atoms with E-state index < -0.39 is 11.4 Å². The molecule has 1 atom stereocenters. The summed E-state index contributed by atoms with van der Waals surface area (Å²) in [5, 5.41) is 0.885. The molecule has 2 heterocycles. The van der Waals surface area contributed by atoms with Gasteiger partial charge in [-0.05, 0) is 32.9 Å². The second kappa shape index (κ2) is 5.81. The van der Waals surface area contributed by atoms with Gasteiger partial charge in [-0.15, -0.1) is 11.3 Å². The Morgan fingerprint density at radius 3 is 2.79 bits per heavy atom. The van der Waals surface area contributed by atoms with Crippen LogP contribution in [0.25, 0.3) is 10.6 Å². The summed E-state index contributed by atoms with van der Waals surface area (Å²) in [5.41, 5.74) is 0.976. The molecule has 0 saturated heterocycles. The fraction of sp³-hybridized carbons (Fsp3) is 0.308. The maximum absolute atomic E-state index is 11.8. The van der Waals surface area contributed by atoms with Gasteiger partial charge < -0.3 is 4.55 Å². The first-order valence-electron chi connectivity index (χ1n) is 5.79. The highest BCUT2D eigenvalue weighted by Gasteiger charge is 2.25. The number of hydrogen-bond acceptors (Lipinski definition) is 5. The normalized spacial score (nSPS) is 13.9. The van der Waals surface area contributed by atoms with Crippen LogP contribution in [0.1, 0.15) is 25.6 Å². The molecule has 0 spiro atoms. The van der Waals surface area contributed by atoms with Crippen molar-refractivity contribution in [3.05, 3.63) is 35.6 Å². The van der Waals surface area contributed by atoms with E-state index in [-0.39, 0.29) is 4.75 Å². The number of aromatic nitrogens is 2. The van der Waals surface area contributed by atoms with Crippen LogP contribution in [0.4, 0.5) is 0 Å². The highest BCUT2D eigenvalue weighted by Crippen LogP contribution is 2.24. The van der Waals surface area contributed by atoms with E-state index in [1.165, 1.54) is 11.3 Å². The summed E-state index contributed by atoms with van der Waals surface area (Å²) >= 11 is 0.267. The maximum Gasteiger partial charge on any atom is 0.144 e. The van der Waals surface area contributed by atoms with E-state index in [1.807, 2.05) is 32.9 Å². The number of rotatable bonds is 3. The largest absolute Gasteiger partial charge is 0.591 e. The van der Waals surface area contributed by atoms with Crippen LogP contribution >= 0.6 is 11.3 Å². The lowest BCUT2D eigenvalue weighted by molar-refractivity contribution is 0.562. The Kier molecular flexibility index (Phi) is 4.34. The van der Waals surface area contributed by atoms with Gasteiger partial charge in [-0.3, -0.25) is 4.98 Å². The average Bonchev–Trinajstić information content (AvgIpc) is 2.84. The Morgan fingerprint density at radius 1 is 1.37 bits per heavy atom. The van der Waals surface area contributed by atoms with Crippen LogP contribution in [0.3, 0.4) is 0 Å². The molecule has 19 heavy (non-hydrogen) atoms. The SMILES string of the molecule is CC(C)(C)[S+]([O-])/N=C/c1cnc(-c2cccnc2)s1. The Balaban J connectivity index is 2.12. The van der Waals surface area contributed by atoms with Gasteiger partial charge in [-0.2, -0.15) is 0 Å². The molecule has 2 rings (SSSR count). The van der Waals surface area contributed by atoms with Gasteiger partial charge in [0.15, 0.2) is 0 Å². The average molecular weight is 293 g/mol. The molecule has 0 aliphatic rings. The third-order valence-electron chi connectivity index (χ3n) is 2.23. The Hall–Kier alpha value is -1.24. The van der Waals surface area contributed by atoms with E-state index in [0.29, 0.717) is 0 Å². The summed E-state index contributed by atoms with van der Waals surface area (Å²) in [6.45, 7) is 5.69. The second-order valence-electron chi connectivity index (χ2n) is 4.91. The molecule has 6 heteroatoms. The minimum atomic E-state index is -1.24. The summed E-state index contributed by atoms with van der Waals surface area (Å²) in [6, 6.07) is 3.83. The smallest absolute Gasteiger partial charge is 0.144 e. The molecule has 0 aromatic carbocycles. The highest BCUT2D eigenvalue weighted by molar-refractivity contribution is 7.91. The lowest BCUT2D eigenvalue weighted by atomic mass is 10.3. The zero-order valence-electron chi connectivity index (χ0n) is 11.0. The summed E-state index contributed by atoms with van der Waals surface area (Å²) in [7, 11) is 0. The van der Waals surface area contributed by atoms with Crippen LogP contribution in [-0.4, -0.2) is 25.5 Å². The molecule has 1 unspecified atom stereocenters. The molecule has 2 aromatic heterocycles. The molecule has 4 nitrogen and oxygen atoms in total. The van der Waals surface area contributed by atoms with Crippen LogP contribution in [0.2, 0.25) is 0 Å². The second-order valence-corrected chi connectivity index (χ2v) is 7.90. The van der Waals surface area contributed by atoms with E-state index in [9.17, 15) is 4.55 Å². The predicted octanol–water partition coefficient (Wildman–Crippen LogP) is 3.09. The number of nitrogens with zero attached hydrogens (tertiary/aromatic N) is 3. The van der Waals surface area contributed by atoms with E-state index in [2.05, 4.69) is 14.4 Å². The maximum atomic E-state index is 11.8. The quantitative estimate of drug-likeness (QED) is 0.645. The topological polar surface area (TPSA) is 61.2 Å². The Bertz CT molecular complexity index is 561. The van der Waals surface area contributed by atoms with Crippen LogP contribution < -0.4 is 0 Å². The van der Waals surface area contributed by atoms with Gasteiger partial charge in [0.05, 0.1) is 11.1 Å². The number of hydrogen-bond donors (Lipinski definition) is 0. The van der Waals surface area contributed by atoms with E-state index in [4.69, 9.17) is 0 Å². The van der Waals surface area contributed by atoms with Gasteiger partial charge in [-0.1, -0.05) is 4.40 Å². The fourth-order valence-electron chi connectivity index (χ4n) is 1.23. The van der Waals surface area contributed by atoms with E-state index in [0.717, 1.165) is 15.4 Å². The molecule has 100 valence electrons. The Morgan fingerprint density at radius 2 is 2.16 bits per heavy atom. The van der Waals surface area contributed by atoms with Crippen molar-refractivity contribution < 1.29 is 4.55 Å². The molecule has 0 aliphatic carbocycles. The molecule has 0 radical (unpaired) electrons. The first-order valence-corrected chi connectivity index (χ1v) is 7.71. The van der Waals surface area contributed by atoms with Gasteiger partial charge >= 0.3 is 0 Å². The zero-order valence-corrected chi connectivity index (χ0v) is 12.7. The van der Waals surface area contributed by atoms with Crippen molar-refractivity contribution in [3.63, 3.8) is 0 Å². The van der Waals surface area contributed by atoms with Gasteiger partial charge in [0.25, 0.3) is 0 Å². The van der Waals surface area contributed by atoms with Crippen molar-refractivity contribution in [1.82, 2.24) is 9.97 Å². The van der Waals surface area contributed by atoms with Gasteiger partial charge in [0.2, 0.25) is 0 Å². The standard InChI is InChI=1S/C13H15N3OS2/c1-13(2,3)19(17)16-9-11-8-15-12(18-11)10-5-4-6-14-7-10/h4-9H,1-3H3/b16-9+. The number of thiazole rings is 1. The van der Waals surface area contributed by atoms with Crippen molar-refractivity contribution in [2.75, 3.05) is 0 Å². The van der Waals surface area contributed by atoms with Gasteiger partial charge in [-0.25, -0.2) is 4.98 Å². The molecule has 0 N–H and O–H groups in total. The molecule has 0 amide bonds. The molecular formula is C13H15N3OS2. The van der Waals surface area contributed by atoms with Crippen molar-refractivity contribution in [2.45, 2.75) is 25.5 Å². The van der Waals surface area contributed by atoms with Crippen LogP contribution in [-0.2, 0) is 11.4 Å². The fourth-order valence-corrected chi connectivity index (χ4v) is 2.60. The van der Waals surface area contributed by atoms with Crippen LogP contribution in [0.15, 0.2) is 35.1 Å². The summed E-state index contributed by atoms with van der Waals surface area (Å²) in [4.78, 5) is 9.26. The van der Waals surface area contributed by atoms with E-state index >= 15 is 0 Å². The highest BCUT2D eigenvalue weighted by atomic mass is 32.2. The molecular weight excluding hydrogens is 278 g/mol. The van der Waals surface area contributed by atoms with Crippen LogP contribution in [0.5, 0.6) is 0 Å². The molecule has 0 saturated carbocycles. The molecule has 0 aliphatic heterocycles. The van der Waals surface area contributed by atoms with Crippen LogP contribution in [0, 0.1) is 0 Å². The first kappa shape index (κ1) is 14.2. The van der Waals surface area contributed by atoms with E-state index in [1.54, 1.807) is 24.8 Å². The lowest BCUT2D eigenvalue weighted by Crippen LogP contribution is -2.25. The zero-order chi connectivity index (χ0) is 13.9. The summed E-state index contributed by atoms with van der Waals surface area (Å²) in [6.07, 6.45) is 6.86. The van der Waals surface area contributed by atoms with Gasteiger partial charge in [0.1, 0.15) is 21.1 Å². The molecule has 0 fully saturated rings. The minimum absolute atomic E-state index is 0.340. The predicted molar refractivity (Wildman–Crippen MR) is 80.8 cm³/mol. The third-order valence-corrected chi connectivity index (χ3v) is 4.56. The minimum Gasteiger partial charge on any atom is -0.591 e. The molecule has 2 aromatic rings. The lowest BCUT2D eigenvalue weighted by Gasteiger charge is -2.17. The summed E-state index contributed by atoms with van der Waals surface area (Å²) in [5.74, 6) is 0. The van der Waals surface area contributed by atoms with Crippen molar-refractivity contribution >= 4 is 28.9 Å². The third kappa shape index (κ3) is 3.86. The monoisotopic (exact) mass is 293 g/mol. The van der Waals surface area contributed by atoms with Crippen molar-refractivity contribution in [2.24, 2.45) is 4.40 Å².